The first-order chi connectivity index (χ1) is 13.8. The molecular formula is C22H38IN5O. The van der Waals surface area contributed by atoms with Gasteiger partial charge in [-0.2, -0.15) is 0 Å². The van der Waals surface area contributed by atoms with Crippen molar-refractivity contribution in [2.75, 3.05) is 59.0 Å². The van der Waals surface area contributed by atoms with Crippen LogP contribution in [0, 0.1) is 5.92 Å². The predicted molar refractivity (Wildman–Crippen MR) is 131 cm³/mol. The minimum atomic E-state index is 0. The third-order valence-electron chi connectivity index (χ3n) is 5.74. The highest BCUT2D eigenvalue weighted by molar-refractivity contribution is 14.0. The maximum Gasteiger partial charge on any atom is 0.191 e. The molecule has 164 valence electrons. The molecule has 2 aliphatic heterocycles. The van der Waals surface area contributed by atoms with Crippen molar-refractivity contribution in [3.05, 3.63) is 35.4 Å². The van der Waals surface area contributed by atoms with Crippen molar-refractivity contribution in [1.29, 1.82) is 0 Å². The molecule has 7 heteroatoms. The van der Waals surface area contributed by atoms with Crippen LogP contribution in [0.4, 0.5) is 0 Å². The first-order valence-corrected chi connectivity index (χ1v) is 10.9. The molecular weight excluding hydrogens is 477 g/mol. The second-order valence-corrected chi connectivity index (χ2v) is 7.78. The van der Waals surface area contributed by atoms with Gasteiger partial charge in [-0.05, 0) is 43.5 Å². The number of halogens is 1. The zero-order chi connectivity index (χ0) is 19.6. The Hall–Kier alpha value is -0.900. The molecule has 0 amide bonds. The topological polar surface area (TPSA) is 52.1 Å². The molecule has 2 fully saturated rings. The van der Waals surface area contributed by atoms with Crippen LogP contribution in [-0.4, -0.2) is 74.8 Å². The highest BCUT2D eigenvalue weighted by Gasteiger charge is 2.21. The van der Waals surface area contributed by atoms with Gasteiger partial charge in [0.1, 0.15) is 0 Å². The smallest absolute Gasteiger partial charge is 0.191 e. The molecule has 0 saturated carbocycles. The summed E-state index contributed by atoms with van der Waals surface area (Å²) in [5.41, 5.74) is 2.68. The number of nitrogens with zero attached hydrogens (tertiary/aromatic N) is 3. The van der Waals surface area contributed by atoms with Crippen LogP contribution in [-0.2, 0) is 17.8 Å². The van der Waals surface area contributed by atoms with Crippen molar-refractivity contribution in [1.82, 2.24) is 20.4 Å². The number of aliphatic imine (C=N–C) groups is 1. The van der Waals surface area contributed by atoms with E-state index in [4.69, 9.17) is 9.73 Å². The molecule has 0 aromatic heterocycles. The summed E-state index contributed by atoms with van der Waals surface area (Å²) < 4.78 is 5.47. The lowest BCUT2D eigenvalue weighted by molar-refractivity contribution is 0.0341. The minimum Gasteiger partial charge on any atom is -0.379 e. The van der Waals surface area contributed by atoms with E-state index in [-0.39, 0.29) is 24.0 Å². The lowest BCUT2D eigenvalue weighted by Crippen LogP contribution is -2.40. The number of morpholine rings is 1. The van der Waals surface area contributed by atoms with Crippen LogP contribution < -0.4 is 10.6 Å². The van der Waals surface area contributed by atoms with E-state index in [0.717, 1.165) is 64.4 Å². The normalized spacial score (nSPS) is 21.0. The molecule has 1 unspecified atom stereocenters. The van der Waals surface area contributed by atoms with Crippen LogP contribution in [0.25, 0.3) is 0 Å². The van der Waals surface area contributed by atoms with Crippen molar-refractivity contribution >= 4 is 29.9 Å². The summed E-state index contributed by atoms with van der Waals surface area (Å²) in [5, 5.41) is 6.96. The molecule has 1 aromatic rings. The van der Waals surface area contributed by atoms with Gasteiger partial charge in [0.05, 0.1) is 19.8 Å². The molecule has 2 heterocycles. The van der Waals surface area contributed by atoms with Crippen LogP contribution in [0.3, 0.4) is 0 Å². The molecule has 6 nitrogen and oxygen atoms in total. The molecule has 0 spiro atoms. The molecule has 1 atom stereocenters. The van der Waals surface area contributed by atoms with Gasteiger partial charge in [-0.1, -0.05) is 31.2 Å². The van der Waals surface area contributed by atoms with Gasteiger partial charge in [0.15, 0.2) is 5.96 Å². The van der Waals surface area contributed by atoms with Gasteiger partial charge in [-0.15, -0.1) is 24.0 Å². The van der Waals surface area contributed by atoms with Gasteiger partial charge >= 0.3 is 0 Å². The van der Waals surface area contributed by atoms with Gasteiger partial charge in [0.25, 0.3) is 0 Å². The highest BCUT2D eigenvalue weighted by atomic mass is 127. The van der Waals surface area contributed by atoms with Crippen molar-refractivity contribution < 1.29 is 4.74 Å². The van der Waals surface area contributed by atoms with E-state index >= 15 is 0 Å². The predicted octanol–water partition coefficient (Wildman–Crippen LogP) is 2.53. The van der Waals surface area contributed by atoms with E-state index in [9.17, 15) is 0 Å². The average molecular weight is 515 g/mol. The van der Waals surface area contributed by atoms with Crippen molar-refractivity contribution in [2.45, 2.75) is 33.4 Å². The van der Waals surface area contributed by atoms with E-state index in [1.165, 1.54) is 30.6 Å². The lowest BCUT2D eigenvalue weighted by Gasteiger charge is -2.27. The van der Waals surface area contributed by atoms with Crippen LogP contribution in [0.15, 0.2) is 29.3 Å². The van der Waals surface area contributed by atoms with Gasteiger partial charge in [0.2, 0.25) is 0 Å². The fourth-order valence-corrected chi connectivity index (χ4v) is 3.98. The Labute approximate surface area is 193 Å². The average Bonchev–Trinajstić information content (AvgIpc) is 3.20. The summed E-state index contributed by atoms with van der Waals surface area (Å²) in [6, 6.07) is 8.69. The van der Waals surface area contributed by atoms with Crippen molar-refractivity contribution in [3.8, 4) is 0 Å². The fraction of sp³-hybridized carbons (Fsp3) is 0.682. The van der Waals surface area contributed by atoms with E-state index in [2.05, 4.69) is 58.5 Å². The van der Waals surface area contributed by atoms with Crippen LogP contribution in [0.5, 0.6) is 0 Å². The first kappa shape index (κ1) is 24.4. The number of guanidine groups is 1. The standard InChI is InChI=1S/C22H37N5O.HI/c1-3-23-22(24-15-19-9-10-26(4-2)17-19)25-16-20-7-5-6-8-21(20)18-27-11-13-28-14-12-27;/h5-8,19H,3-4,9-18H2,1-2H3,(H2,23,24,25);1H. The molecule has 1 aromatic carbocycles. The summed E-state index contributed by atoms with van der Waals surface area (Å²) >= 11 is 0. The maximum absolute atomic E-state index is 5.47. The molecule has 2 aliphatic rings. The lowest BCUT2D eigenvalue weighted by atomic mass is 10.1. The zero-order valence-corrected chi connectivity index (χ0v) is 20.4. The van der Waals surface area contributed by atoms with Crippen molar-refractivity contribution in [3.63, 3.8) is 0 Å². The quantitative estimate of drug-likeness (QED) is 0.317. The summed E-state index contributed by atoms with van der Waals surface area (Å²) in [7, 11) is 0. The summed E-state index contributed by atoms with van der Waals surface area (Å²) in [4.78, 5) is 9.87. The Morgan fingerprint density at radius 2 is 1.83 bits per heavy atom. The molecule has 29 heavy (non-hydrogen) atoms. The third-order valence-corrected chi connectivity index (χ3v) is 5.74. The monoisotopic (exact) mass is 515 g/mol. The number of nitrogens with one attached hydrogen (secondary N) is 2. The highest BCUT2D eigenvalue weighted by Crippen LogP contribution is 2.15. The Bertz CT molecular complexity index is 621. The van der Waals surface area contributed by atoms with Gasteiger partial charge in [-0.3, -0.25) is 4.90 Å². The minimum absolute atomic E-state index is 0. The van der Waals surface area contributed by atoms with E-state index < -0.39 is 0 Å². The number of ether oxygens (including phenoxy) is 1. The molecule has 0 radical (unpaired) electrons. The second-order valence-electron chi connectivity index (χ2n) is 7.78. The summed E-state index contributed by atoms with van der Waals surface area (Å²) in [6.07, 6.45) is 1.28. The van der Waals surface area contributed by atoms with Gasteiger partial charge in [0, 0.05) is 39.3 Å². The Balaban J connectivity index is 0.00000300. The van der Waals surface area contributed by atoms with Crippen LogP contribution in [0.2, 0.25) is 0 Å². The largest absolute Gasteiger partial charge is 0.379 e. The number of benzene rings is 1. The second kappa shape index (κ2) is 13.4. The van der Waals surface area contributed by atoms with Gasteiger partial charge in [-0.25, -0.2) is 4.99 Å². The SMILES string of the molecule is CCNC(=NCc1ccccc1CN1CCOCC1)NCC1CCN(CC)C1.I. The molecule has 2 saturated heterocycles. The van der Waals surface area contributed by atoms with Gasteiger partial charge < -0.3 is 20.3 Å². The Morgan fingerprint density at radius 1 is 1.07 bits per heavy atom. The van der Waals surface area contributed by atoms with Crippen LogP contribution in [0.1, 0.15) is 31.4 Å². The fourth-order valence-electron chi connectivity index (χ4n) is 3.98. The number of rotatable bonds is 8. The summed E-state index contributed by atoms with van der Waals surface area (Å²) in [5.74, 6) is 1.65. The first-order valence-electron chi connectivity index (χ1n) is 10.9. The molecule has 0 bridgehead atoms. The third kappa shape index (κ3) is 8.03. The molecule has 0 aliphatic carbocycles. The van der Waals surface area contributed by atoms with E-state index in [0.29, 0.717) is 6.54 Å². The summed E-state index contributed by atoms with van der Waals surface area (Å²) in [6.45, 7) is 15.2. The Kier molecular flexibility index (Phi) is 11.3. The van der Waals surface area contributed by atoms with Crippen LogP contribution >= 0.6 is 24.0 Å². The van der Waals surface area contributed by atoms with E-state index in [1.807, 2.05) is 0 Å². The number of hydrogen-bond acceptors (Lipinski definition) is 4. The number of hydrogen-bond donors (Lipinski definition) is 2. The number of likely N-dealkylation sites (tertiary alicyclic amines) is 1. The van der Waals surface area contributed by atoms with E-state index in [1.54, 1.807) is 0 Å². The zero-order valence-electron chi connectivity index (χ0n) is 18.0. The maximum atomic E-state index is 5.47. The Morgan fingerprint density at radius 3 is 2.52 bits per heavy atom. The van der Waals surface area contributed by atoms with Crippen molar-refractivity contribution in [2.24, 2.45) is 10.9 Å². The molecule has 3 rings (SSSR count). The molecule has 2 N–H and O–H groups in total.